The van der Waals surface area contributed by atoms with Gasteiger partial charge >= 0.3 is 0 Å². The Morgan fingerprint density at radius 1 is 1.26 bits per heavy atom. The number of aliphatic hydroxyl groups is 1. The van der Waals surface area contributed by atoms with Crippen molar-refractivity contribution in [2.75, 3.05) is 13.2 Å². The van der Waals surface area contributed by atoms with Crippen LogP contribution < -0.4 is 5.32 Å². The van der Waals surface area contributed by atoms with Crippen LogP contribution in [-0.2, 0) is 4.74 Å². The van der Waals surface area contributed by atoms with Gasteiger partial charge in [0.1, 0.15) is 11.6 Å². The van der Waals surface area contributed by atoms with E-state index in [2.05, 4.69) is 5.32 Å². The maximum absolute atomic E-state index is 13.5. The standard InChI is InChI=1S/C14H21F2NO2/c1-9(2)19-8-12(18)7-17-10(3)13-5-4-11(15)6-14(13)16/h4-6,9-10,12,17-18H,7-8H2,1-3H3. The van der Waals surface area contributed by atoms with E-state index in [0.717, 1.165) is 6.07 Å². The third-order valence-corrected chi connectivity index (χ3v) is 2.71. The van der Waals surface area contributed by atoms with Crippen LogP contribution in [0.15, 0.2) is 18.2 Å². The van der Waals surface area contributed by atoms with Crippen LogP contribution in [0.25, 0.3) is 0 Å². The van der Waals surface area contributed by atoms with Crippen molar-refractivity contribution in [1.29, 1.82) is 0 Å². The van der Waals surface area contributed by atoms with Crippen molar-refractivity contribution in [3.05, 3.63) is 35.4 Å². The molecule has 0 aliphatic heterocycles. The molecule has 2 atom stereocenters. The van der Waals surface area contributed by atoms with Crippen molar-refractivity contribution >= 4 is 0 Å². The van der Waals surface area contributed by atoms with Crippen LogP contribution in [0.3, 0.4) is 0 Å². The Balaban J connectivity index is 2.44. The quantitative estimate of drug-likeness (QED) is 0.801. The normalized spacial score (nSPS) is 14.7. The molecule has 1 aromatic rings. The van der Waals surface area contributed by atoms with E-state index in [1.165, 1.54) is 12.1 Å². The van der Waals surface area contributed by atoms with Gasteiger partial charge in [0.2, 0.25) is 0 Å². The number of hydrogen-bond acceptors (Lipinski definition) is 3. The van der Waals surface area contributed by atoms with Crippen LogP contribution >= 0.6 is 0 Å². The first kappa shape index (κ1) is 16.0. The molecule has 0 spiro atoms. The maximum atomic E-state index is 13.5. The molecule has 0 radical (unpaired) electrons. The topological polar surface area (TPSA) is 41.5 Å². The predicted octanol–water partition coefficient (Wildman–Crippen LogP) is 2.40. The zero-order chi connectivity index (χ0) is 14.4. The zero-order valence-electron chi connectivity index (χ0n) is 11.5. The molecule has 0 aliphatic rings. The number of halogens is 2. The van der Waals surface area contributed by atoms with E-state index >= 15 is 0 Å². The van der Waals surface area contributed by atoms with Crippen LogP contribution in [0.4, 0.5) is 8.78 Å². The highest BCUT2D eigenvalue weighted by Gasteiger charge is 2.13. The van der Waals surface area contributed by atoms with Crippen molar-refractivity contribution in [1.82, 2.24) is 5.32 Å². The molecular formula is C14H21F2NO2. The highest BCUT2D eigenvalue weighted by molar-refractivity contribution is 5.21. The minimum Gasteiger partial charge on any atom is -0.389 e. The fraction of sp³-hybridized carbons (Fsp3) is 0.571. The lowest BCUT2D eigenvalue weighted by Gasteiger charge is -2.19. The lowest BCUT2D eigenvalue weighted by atomic mass is 10.1. The van der Waals surface area contributed by atoms with Gasteiger partial charge in [-0.05, 0) is 26.8 Å². The molecule has 0 amide bonds. The highest BCUT2D eigenvalue weighted by atomic mass is 19.1. The number of aliphatic hydroxyl groups excluding tert-OH is 1. The summed E-state index contributed by atoms with van der Waals surface area (Å²) in [4.78, 5) is 0. The predicted molar refractivity (Wildman–Crippen MR) is 69.9 cm³/mol. The van der Waals surface area contributed by atoms with Crippen LogP contribution in [0.2, 0.25) is 0 Å². The molecule has 0 saturated carbocycles. The molecule has 0 bridgehead atoms. The minimum atomic E-state index is -0.659. The third kappa shape index (κ3) is 5.63. The highest BCUT2D eigenvalue weighted by Crippen LogP contribution is 2.17. The van der Waals surface area contributed by atoms with Gasteiger partial charge in [-0.3, -0.25) is 0 Å². The van der Waals surface area contributed by atoms with Crippen LogP contribution in [0.1, 0.15) is 32.4 Å². The third-order valence-electron chi connectivity index (χ3n) is 2.71. The Bertz CT molecular complexity index is 399. The van der Waals surface area contributed by atoms with Gasteiger partial charge in [0, 0.05) is 24.2 Å². The van der Waals surface area contributed by atoms with Gasteiger partial charge in [0.15, 0.2) is 0 Å². The van der Waals surface area contributed by atoms with E-state index in [0.29, 0.717) is 5.56 Å². The van der Waals surface area contributed by atoms with E-state index in [1.54, 1.807) is 6.92 Å². The molecule has 2 N–H and O–H groups in total. The lowest BCUT2D eigenvalue weighted by Crippen LogP contribution is -2.33. The van der Waals surface area contributed by atoms with Gasteiger partial charge in [0.25, 0.3) is 0 Å². The molecule has 1 aromatic carbocycles. The molecule has 0 aliphatic carbocycles. The smallest absolute Gasteiger partial charge is 0.130 e. The van der Waals surface area contributed by atoms with Gasteiger partial charge in [-0.2, -0.15) is 0 Å². The van der Waals surface area contributed by atoms with Gasteiger partial charge in [0.05, 0.1) is 18.8 Å². The lowest BCUT2D eigenvalue weighted by molar-refractivity contribution is 0.00557. The summed E-state index contributed by atoms with van der Waals surface area (Å²) in [5, 5.41) is 12.7. The summed E-state index contributed by atoms with van der Waals surface area (Å²) in [6.45, 7) is 6.04. The molecule has 0 saturated heterocycles. The summed E-state index contributed by atoms with van der Waals surface area (Å²) in [5.74, 6) is -1.19. The molecule has 2 unspecified atom stereocenters. The molecule has 5 heteroatoms. The molecule has 0 heterocycles. The molecule has 3 nitrogen and oxygen atoms in total. The fourth-order valence-electron chi connectivity index (χ4n) is 1.64. The summed E-state index contributed by atoms with van der Waals surface area (Å²) in [6.07, 6.45) is -0.602. The maximum Gasteiger partial charge on any atom is 0.130 e. The molecule has 108 valence electrons. The number of nitrogens with one attached hydrogen (secondary N) is 1. The Labute approximate surface area is 112 Å². The average Bonchev–Trinajstić information content (AvgIpc) is 2.33. The van der Waals surface area contributed by atoms with Gasteiger partial charge in [-0.25, -0.2) is 8.78 Å². The second-order valence-corrected chi connectivity index (χ2v) is 4.83. The summed E-state index contributed by atoms with van der Waals surface area (Å²) in [5.41, 5.74) is 0.373. The Kier molecular flexibility index (Phi) is 6.34. The summed E-state index contributed by atoms with van der Waals surface area (Å²) >= 11 is 0. The minimum absolute atomic E-state index is 0.0571. The van der Waals surface area contributed by atoms with Crippen molar-refractivity contribution < 1.29 is 18.6 Å². The van der Waals surface area contributed by atoms with E-state index in [9.17, 15) is 13.9 Å². The van der Waals surface area contributed by atoms with Gasteiger partial charge in [-0.1, -0.05) is 6.07 Å². The molecule has 19 heavy (non-hydrogen) atoms. The first-order chi connectivity index (χ1) is 8.90. The number of hydrogen-bond donors (Lipinski definition) is 2. The van der Waals surface area contributed by atoms with Crippen molar-refractivity contribution in [2.45, 2.75) is 39.0 Å². The number of ether oxygens (including phenoxy) is 1. The monoisotopic (exact) mass is 273 g/mol. The van der Waals surface area contributed by atoms with Crippen LogP contribution in [0.5, 0.6) is 0 Å². The van der Waals surface area contributed by atoms with Crippen molar-refractivity contribution in [3.63, 3.8) is 0 Å². The van der Waals surface area contributed by atoms with E-state index in [4.69, 9.17) is 4.74 Å². The van der Waals surface area contributed by atoms with Gasteiger partial charge < -0.3 is 15.2 Å². The summed E-state index contributed by atoms with van der Waals surface area (Å²) < 4.78 is 31.6. The molecule has 1 rings (SSSR count). The SMILES string of the molecule is CC(C)OCC(O)CNC(C)c1ccc(F)cc1F. The molecule has 0 fully saturated rings. The van der Waals surface area contributed by atoms with Crippen LogP contribution in [-0.4, -0.2) is 30.5 Å². The van der Waals surface area contributed by atoms with Crippen LogP contribution in [0, 0.1) is 11.6 Å². The molecule has 0 aromatic heterocycles. The largest absolute Gasteiger partial charge is 0.389 e. The second kappa shape index (κ2) is 7.53. The van der Waals surface area contributed by atoms with E-state index < -0.39 is 17.7 Å². The number of rotatable bonds is 7. The Hall–Kier alpha value is -1.04. The Morgan fingerprint density at radius 3 is 2.53 bits per heavy atom. The molecular weight excluding hydrogens is 252 g/mol. The number of benzene rings is 1. The van der Waals surface area contributed by atoms with Gasteiger partial charge in [-0.15, -0.1) is 0 Å². The summed E-state index contributed by atoms with van der Waals surface area (Å²) in [7, 11) is 0. The summed E-state index contributed by atoms with van der Waals surface area (Å²) in [6, 6.07) is 3.16. The van der Waals surface area contributed by atoms with Crippen molar-refractivity contribution in [2.24, 2.45) is 0 Å². The van der Waals surface area contributed by atoms with E-state index in [-0.39, 0.29) is 25.3 Å². The fourth-order valence-corrected chi connectivity index (χ4v) is 1.64. The second-order valence-electron chi connectivity index (χ2n) is 4.83. The first-order valence-corrected chi connectivity index (χ1v) is 6.38. The zero-order valence-corrected chi connectivity index (χ0v) is 11.5. The average molecular weight is 273 g/mol. The Morgan fingerprint density at radius 2 is 1.95 bits per heavy atom. The van der Waals surface area contributed by atoms with Crippen molar-refractivity contribution in [3.8, 4) is 0 Å². The van der Waals surface area contributed by atoms with E-state index in [1.807, 2.05) is 13.8 Å². The first-order valence-electron chi connectivity index (χ1n) is 6.38.